The number of hydrogen-bond acceptors (Lipinski definition) is 2. The summed E-state index contributed by atoms with van der Waals surface area (Å²) in [5, 5.41) is 3.49. The maximum Gasteiger partial charge on any atom is 0.236 e. The average Bonchev–Trinajstić information content (AvgIpc) is 2.46. The van der Waals surface area contributed by atoms with E-state index in [9.17, 15) is 4.79 Å². The fourth-order valence-corrected chi connectivity index (χ4v) is 3.48. The van der Waals surface area contributed by atoms with Crippen molar-refractivity contribution in [1.82, 2.24) is 10.2 Å². The topological polar surface area (TPSA) is 32.3 Å². The minimum absolute atomic E-state index is 0.311. The number of amides is 1. The minimum atomic E-state index is 0.311. The van der Waals surface area contributed by atoms with E-state index in [-0.39, 0.29) is 0 Å². The lowest BCUT2D eigenvalue weighted by atomic mass is 9.80. The molecule has 0 bridgehead atoms. The molecule has 2 fully saturated rings. The van der Waals surface area contributed by atoms with Crippen LogP contribution in [0.25, 0.3) is 0 Å². The van der Waals surface area contributed by atoms with Crippen molar-refractivity contribution in [1.29, 1.82) is 0 Å². The van der Waals surface area contributed by atoms with Crippen LogP contribution in [0.1, 0.15) is 58.8 Å². The van der Waals surface area contributed by atoms with Crippen LogP contribution in [0.15, 0.2) is 0 Å². The number of nitrogens with zero attached hydrogens (tertiary/aromatic N) is 1. The highest BCUT2D eigenvalue weighted by atomic mass is 16.2. The summed E-state index contributed by atoms with van der Waals surface area (Å²) >= 11 is 0. The Morgan fingerprint density at radius 3 is 2.32 bits per heavy atom. The van der Waals surface area contributed by atoms with Crippen LogP contribution in [-0.4, -0.2) is 36.5 Å². The Labute approximate surface area is 118 Å². The highest BCUT2D eigenvalue weighted by molar-refractivity contribution is 5.78. The molecule has 3 heteroatoms. The van der Waals surface area contributed by atoms with Crippen molar-refractivity contribution in [3.05, 3.63) is 0 Å². The number of piperidine rings is 1. The lowest BCUT2D eigenvalue weighted by Gasteiger charge is -2.32. The van der Waals surface area contributed by atoms with Crippen molar-refractivity contribution in [2.75, 3.05) is 19.6 Å². The molecule has 0 aromatic carbocycles. The van der Waals surface area contributed by atoms with Gasteiger partial charge in [-0.2, -0.15) is 0 Å². The summed E-state index contributed by atoms with van der Waals surface area (Å²) < 4.78 is 0. The van der Waals surface area contributed by atoms with Gasteiger partial charge in [-0.05, 0) is 56.8 Å². The second-order valence-corrected chi connectivity index (χ2v) is 6.68. The van der Waals surface area contributed by atoms with E-state index in [1.807, 2.05) is 4.90 Å². The first-order chi connectivity index (χ1) is 9.16. The van der Waals surface area contributed by atoms with E-state index < -0.39 is 0 Å². The molecule has 0 radical (unpaired) electrons. The zero-order valence-electron chi connectivity index (χ0n) is 12.7. The molecule has 19 heavy (non-hydrogen) atoms. The van der Waals surface area contributed by atoms with E-state index in [1.165, 1.54) is 44.9 Å². The largest absolute Gasteiger partial charge is 0.342 e. The van der Waals surface area contributed by atoms with Gasteiger partial charge in [-0.1, -0.05) is 13.8 Å². The Kier molecular flexibility index (Phi) is 5.68. The fourth-order valence-electron chi connectivity index (χ4n) is 3.48. The Bertz CT molecular complexity index is 276. The van der Waals surface area contributed by atoms with Crippen LogP contribution in [0.5, 0.6) is 0 Å². The number of likely N-dealkylation sites (tertiary alicyclic amines) is 1. The molecule has 0 aromatic rings. The minimum Gasteiger partial charge on any atom is -0.342 e. The first kappa shape index (κ1) is 14.8. The number of hydrogen-bond donors (Lipinski definition) is 1. The van der Waals surface area contributed by atoms with Gasteiger partial charge in [0, 0.05) is 19.1 Å². The Balaban J connectivity index is 1.64. The van der Waals surface area contributed by atoms with Gasteiger partial charge < -0.3 is 10.2 Å². The summed E-state index contributed by atoms with van der Waals surface area (Å²) in [7, 11) is 0. The van der Waals surface area contributed by atoms with Gasteiger partial charge in [-0.25, -0.2) is 0 Å². The molecule has 2 aliphatic rings. The first-order valence-electron chi connectivity index (χ1n) is 8.18. The Morgan fingerprint density at radius 1 is 1.11 bits per heavy atom. The fraction of sp³-hybridized carbons (Fsp3) is 0.938. The van der Waals surface area contributed by atoms with E-state index in [2.05, 4.69) is 19.2 Å². The van der Waals surface area contributed by atoms with Crippen molar-refractivity contribution >= 4 is 5.91 Å². The molecule has 1 saturated carbocycles. The predicted octanol–water partition coefficient (Wildman–Crippen LogP) is 2.80. The van der Waals surface area contributed by atoms with Gasteiger partial charge in [-0.3, -0.25) is 4.79 Å². The zero-order valence-corrected chi connectivity index (χ0v) is 12.7. The van der Waals surface area contributed by atoms with Crippen molar-refractivity contribution in [3.63, 3.8) is 0 Å². The van der Waals surface area contributed by atoms with E-state index in [1.54, 1.807) is 0 Å². The quantitative estimate of drug-likeness (QED) is 0.848. The van der Waals surface area contributed by atoms with Crippen LogP contribution in [-0.2, 0) is 4.79 Å². The average molecular weight is 266 g/mol. The van der Waals surface area contributed by atoms with E-state index in [4.69, 9.17) is 0 Å². The van der Waals surface area contributed by atoms with Gasteiger partial charge >= 0.3 is 0 Å². The molecule has 110 valence electrons. The summed E-state index contributed by atoms with van der Waals surface area (Å²) in [5.41, 5.74) is 0. The molecule has 1 aliphatic carbocycles. The third kappa shape index (κ3) is 4.48. The highest BCUT2D eigenvalue weighted by Gasteiger charge is 2.24. The van der Waals surface area contributed by atoms with Crippen LogP contribution >= 0.6 is 0 Å². The van der Waals surface area contributed by atoms with Gasteiger partial charge in [0.25, 0.3) is 0 Å². The van der Waals surface area contributed by atoms with Crippen LogP contribution in [0, 0.1) is 11.8 Å². The predicted molar refractivity (Wildman–Crippen MR) is 79.0 cm³/mol. The standard InChI is InChI=1S/C16H30N2O/c1-13(2)14-6-8-15(9-7-14)17-12-16(19)18-10-4-3-5-11-18/h13-15,17H,3-12H2,1-2H3. The maximum atomic E-state index is 12.1. The SMILES string of the molecule is CC(C)C1CCC(NCC(=O)N2CCCCC2)CC1. The van der Waals surface area contributed by atoms with Crippen LogP contribution in [0.3, 0.4) is 0 Å². The lowest BCUT2D eigenvalue weighted by molar-refractivity contribution is -0.131. The number of carbonyl (C=O) groups is 1. The molecule has 0 aromatic heterocycles. The van der Waals surface area contributed by atoms with E-state index in [0.717, 1.165) is 24.9 Å². The number of carbonyl (C=O) groups excluding carboxylic acids is 1. The molecule has 3 nitrogen and oxygen atoms in total. The third-order valence-electron chi connectivity index (χ3n) is 4.97. The van der Waals surface area contributed by atoms with E-state index >= 15 is 0 Å². The Morgan fingerprint density at radius 2 is 1.74 bits per heavy atom. The van der Waals surface area contributed by atoms with Crippen LogP contribution in [0.4, 0.5) is 0 Å². The van der Waals surface area contributed by atoms with Gasteiger partial charge in [-0.15, -0.1) is 0 Å². The molecule has 1 N–H and O–H groups in total. The lowest BCUT2D eigenvalue weighted by Crippen LogP contribution is -2.44. The van der Waals surface area contributed by atoms with Crippen molar-refractivity contribution in [2.45, 2.75) is 64.8 Å². The molecule has 2 rings (SSSR count). The number of nitrogens with one attached hydrogen (secondary N) is 1. The van der Waals surface area contributed by atoms with Gasteiger partial charge in [0.15, 0.2) is 0 Å². The molecular weight excluding hydrogens is 236 g/mol. The smallest absolute Gasteiger partial charge is 0.236 e. The maximum absolute atomic E-state index is 12.1. The molecule has 0 unspecified atom stereocenters. The monoisotopic (exact) mass is 266 g/mol. The van der Waals surface area contributed by atoms with Gasteiger partial charge in [0.2, 0.25) is 5.91 Å². The molecule has 0 atom stereocenters. The van der Waals surface area contributed by atoms with Gasteiger partial charge in [0.05, 0.1) is 6.54 Å². The summed E-state index contributed by atoms with van der Waals surface area (Å²) in [6.45, 7) is 7.16. The molecule has 1 heterocycles. The normalized spacial score (nSPS) is 28.7. The molecule has 1 aliphatic heterocycles. The first-order valence-corrected chi connectivity index (χ1v) is 8.18. The zero-order chi connectivity index (χ0) is 13.7. The summed E-state index contributed by atoms with van der Waals surface area (Å²) in [4.78, 5) is 14.1. The van der Waals surface area contributed by atoms with Crippen LogP contribution in [0.2, 0.25) is 0 Å². The molecular formula is C16H30N2O. The number of rotatable bonds is 4. The van der Waals surface area contributed by atoms with Gasteiger partial charge in [0.1, 0.15) is 0 Å². The summed E-state index contributed by atoms with van der Waals surface area (Å²) in [6.07, 6.45) is 8.81. The molecule has 1 saturated heterocycles. The highest BCUT2D eigenvalue weighted by Crippen LogP contribution is 2.29. The summed E-state index contributed by atoms with van der Waals surface area (Å²) in [6, 6.07) is 0.573. The second-order valence-electron chi connectivity index (χ2n) is 6.68. The van der Waals surface area contributed by atoms with E-state index in [0.29, 0.717) is 18.5 Å². The van der Waals surface area contributed by atoms with Crippen LogP contribution < -0.4 is 5.32 Å². The van der Waals surface area contributed by atoms with Crippen molar-refractivity contribution in [2.24, 2.45) is 11.8 Å². The second kappa shape index (κ2) is 7.28. The molecule has 1 amide bonds. The van der Waals surface area contributed by atoms with Crippen molar-refractivity contribution < 1.29 is 4.79 Å². The summed E-state index contributed by atoms with van der Waals surface area (Å²) in [5.74, 6) is 2.03. The molecule has 0 spiro atoms. The Hall–Kier alpha value is -0.570. The third-order valence-corrected chi connectivity index (χ3v) is 4.97. The van der Waals surface area contributed by atoms with Crippen molar-refractivity contribution in [3.8, 4) is 0 Å².